The highest BCUT2D eigenvalue weighted by Crippen LogP contribution is 2.35. The van der Waals surface area contributed by atoms with Crippen molar-refractivity contribution in [1.29, 1.82) is 0 Å². The van der Waals surface area contributed by atoms with E-state index in [2.05, 4.69) is 29.1 Å². The summed E-state index contributed by atoms with van der Waals surface area (Å²) in [6, 6.07) is 16.6. The number of nitrogens with zero attached hydrogens (tertiary/aromatic N) is 4. The lowest BCUT2D eigenvalue weighted by molar-refractivity contribution is 0.0325. The van der Waals surface area contributed by atoms with Crippen LogP contribution in [-0.2, 0) is 24.4 Å². The maximum Gasteiger partial charge on any atom is 0.342 e. The Bertz CT molecular complexity index is 1590. The first-order valence-electron chi connectivity index (χ1n) is 13.9. The lowest BCUT2D eigenvalue weighted by atomic mass is 9.99. The third-order valence-electron chi connectivity index (χ3n) is 8.21. The standard InChI is InChI=1S/C32H34N4O5/c1-20-6-4-7-25(28-8-5-9-29(34-28)36-31(39-3)26(16-33-36)32(37)38)30(20)41-19-23-11-10-22-17-35(18-27(22)21(23)2)24-12-14-40-15-13-24/h4-11,16,24H,12-15,17-19H2,1-3H3,(H,37,38). The molecule has 1 saturated heterocycles. The van der Waals surface area contributed by atoms with Crippen molar-refractivity contribution in [3.8, 4) is 28.7 Å². The molecule has 0 aliphatic carbocycles. The van der Waals surface area contributed by atoms with Crippen LogP contribution in [0.1, 0.15) is 51.0 Å². The third kappa shape index (κ3) is 5.18. The molecule has 2 aromatic heterocycles. The number of carbonyl (C=O) groups is 1. The number of aryl methyl sites for hydroxylation is 1. The van der Waals surface area contributed by atoms with E-state index < -0.39 is 5.97 Å². The smallest absolute Gasteiger partial charge is 0.342 e. The minimum absolute atomic E-state index is 0.0279. The number of aromatic carboxylic acids is 1. The van der Waals surface area contributed by atoms with E-state index in [1.807, 2.05) is 37.3 Å². The Morgan fingerprint density at radius 2 is 1.88 bits per heavy atom. The second kappa shape index (κ2) is 11.3. The van der Waals surface area contributed by atoms with Gasteiger partial charge in [-0.25, -0.2) is 9.78 Å². The van der Waals surface area contributed by atoms with Gasteiger partial charge in [-0.15, -0.1) is 0 Å². The number of hydrogen-bond donors (Lipinski definition) is 1. The van der Waals surface area contributed by atoms with Gasteiger partial charge < -0.3 is 19.3 Å². The normalized spacial score (nSPS) is 15.6. The lowest BCUT2D eigenvalue weighted by Gasteiger charge is -2.30. The number of carboxylic acid groups (broad SMARTS) is 1. The summed E-state index contributed by atoms with van der Waals surface area (Å²) >= 11 is 0. The van der Waals surface area contributed by atoms with E-state index in [9.17, 15) is 9.90 Å². The van der Waals surface area contributed by atoms with Crippen LogP contribution in [0.15, 0.2) is 54.7 Å². The SMILES string of the molecule is COc1c(C(=O)O)cnn1-c1cccc(-c2cccc(C)c2OCc2ccc3c(c2C)CN(C2CCOCC2)C3)n1. The summed E-state index contributed by atoms with van der Waals surface area (Å²) in [6.07, 6.45) is 3.46. The molecule has 2 aromatic carbocycles. The number of methoxy groups -OCH3 is 1. The van der Waals surface area contributed by atoms with E-state index in [0.717, 1.165) is 56.0 Å². The number of pyridine rings is 1. The van der Waals surface area contributed by atoms with Crippen LogP contribution in [0.3, 0.4) is 0 Å². The molecule has 0 unspecified atom stereocenters. The highest BCUT2D eigenvalue weighted by molar-refractivity contribution is 5.90. The molecule has 0 bridgehead atoms. The molecule has 4 heterocycles. The molecule has 0 saturated carbocycles. The number of ether oxygens (including phenoxy) is 3. The third-order valence-corrected chi connectivity index (χ3v) is 8.21. The molecule has 0 amide bonds. The second-order valence-electron chi connectivity index (χ2n) is 10.6. The summed E-state index contributed by atoms with van der Waals surface area (Å²) < 4.78 is 18.8. The van der Waals surface area contributed by atoms with Crippen molar-refractivity contribution in [1.82, 2.24) is 19.7 Å². The summed E-state index contributed by atoms with van der Waals surface area (Å²) in [5.41, 5.74) is 7.82. The second-order valence-corrected chi connectivity index (χ2v) is 10.6. The van der Waals surface area contributed by atoms with Crippen LogP contribution in [0.2, 0.25) is 0 Å². The Labute approximate surface area is 239 Å². The summed E-state index contributed by atoms with van der Waals surface area (Å²) in [5.74, 6) is 0.212. The lowest BCUT2D eigenvalue weighted by Crippen LogP contribution is -2.35. The van der Waals surface area contributed by atoms with Gasteiger partial charge in [0.15, 0.2) is 5.82 Å². The zero-order valence-corrected chi connectivity index (χ0v) is 23.6. The van der Waals surface area contributed by atoms with E-state index in [4.69, 9.17) is 19.2 Å². The van der Waals surface area contributed by atoms with Crippen molar-refractivity contribution in [2.24, 2.45) is 0 Å². The van der Waals surface area contributed by atoms with Gasteiger partial charge in [-0.3, -0.25) is 4.90 Å². The molecule has 4 aromatic rings. The molecule has 1 fully saturated rings. The highest BCUT2D eigenvalue weighted by atomic mass is 16.5. The van der Waals surface area contributed by atoms with Crippen LogP contribution < -0.4 is 9.47 Å². The Morgan fingerprint density at radius 1 is 1.07 bits per heavy atom. The molecule has 2 aliphatic heterocycles. The van der Waals surface area contributed by atoms with Crippen LogP contribution in [0, 0.1) is 13.8 Å². The number of hydrogen-bond acceptors (Lipinski definition) is 7. The number of carboxylic acids is 1. The van der Waals surface area contributed by atoms with Gasteiger partial charge in [0.1, 0.15) is 17.9 Å². The van der Waals surface area contributed by atoms with E-state index >= 15 is 0 Å². The first-order valence-corrected chi connectivity index (χ1v) is 13.9. The number of rotatable bonds is 8. The molecule has 6 rings (SSSR count). The molecular formula is C32H34N4O5. The Balaban J connectivity index is 1.25. The van der Waals surface area contributed by atoms with Crippen molar-refractivity contribution in [3.63, 3.8) is 0 Å². The van der Waals surface area contributed by atoms with Gasteiger partial charge in [-0.2, -0.15) is 9.78 Å². The molecule has 41 heavy (non-hydrogen) atoms. The minimum atomic E-state index is -1.11. The van der Waals surface area contributed by atoms with Gasteiger partial charge in [-0.1, -0.05) is 30.3 Å². The van der Waals surface area contributed by atoms with Crippen molar-refractivity contribution in [2.45, 2.75) is 52.4 Å². The van der Waals surface area contributed by atoms with E-state index in [0.29, 0.717) is 24.2 Å². The maximum absolute atomic E-state index is 11.6. The topological polar surface area (TPSA) is 98.9 Å². The van der Waals surface area contributed by atoms with Crippen LogP contribution in [0.25, 0.3) is 17.1 Å². The predicted octanol–water partition coefficient (Wildman–Crippen LogP) is 5.33. The van der Waals surface area contributed by atoms with Gasteiger partial charge in [-0.05, 0) is 72.7 Å². The Morgan fingerprint density at radius 3 is 2.66 bits per heavy atom. The quantitative estimate of drug-likeness (QED) is 0.312. The molecule has 1 N–H and O–H groups in total. The van der Waals surface area contributed by atoms with Crippen molar-refractivity contribution in [3.05, 3.63) is 88.1 Å². The molecule has 212 valence electrons. The number of benzene rings is 2. The van der Waals surface area contributed by atoms with E-state index in [-0.39, 0.29) is 11.4 Å². The number of para-hydroxylation sites is 1. The average molecular weight is 555 g/mol. The predicted molar refractivity (Wildman–Crippen MR) is 154 cm³/mol. The zero-order valence-electron chi connectivity index (χ0n) is 23.6. The molecule has 0 radical (unpaired) electrons. The zero-order chi connectivity index (χ0) is 28.5. The fourth-order valence-electron chi connectivity index (χ4n) is 5.90. The van der Waals surface area contributed by atoms with E-state index in [1.165, 1.54) is 40.2 Å². The van der Waals surface area contributed by atoms with E-state index in [1.54, 1.807) is 6.07 Å². The fraction of sp³-hybridized carbons (Fsp3) is 0.344. The van der Waals surface area contributed by atoms with Crippen molar-refractivity contribution >= 4 is 5.97 Å². The molecule has 9 nitrogen and oxygen atoms in total. The van der Waals surface area contributed by atoms with Gasteiger partial charge in [0.05, 0.1) is 19.0 Å². The highest BCUT2D eigenvalue weighted by Gasteiger charge is 2.29. The molecule has 2 aliphatic rings. The van der Waals surface area contributed by atoms with Crippen LogP contribution in [-0.4, -0.2) is 57.1 Å². The Kier molecular flexibility index (Phi) is 7.47. The monoisotopic (exact) mass is 554 g/mol. The summed E-state index contributed by atoms with van der Waals surface area (Å²) in [7, 11) is 1.42. The summed E-state index contributed by atoms with van der Waals surface area (Å²) in [5, 5.41) is 13.7. The molecule has 9 heteroatoms. The maximum atomic E-state index is 11.6. The molecule has 0 spiro atoms. The minimum Gasteiger partial charge on any atom is -0.488 e. The molecule has 0 atom stereocenters. The number of fused-ring (bicyclic) bond motifs is 1. The molecular weight excluding hydrogens is 520 g/mol. The van der Waals surface area contributed by atoms with Crippen molar-refractivity contribution in [2.75, 3.05) is 20.3 Å². The van der Waals surface area contributed by atoms with Crippen LogP contribution in [0.4, 0.5) is 0 Å². The van der Waals surface area contributed by atoms with Crippen LogP contribution >= 0.6 is 0 Å². The average Bonchev–Trinajstić information content (AvgIpc) is 3.63. The fourth-order valence-corrected chi connectivity index (χ4v) is 5.90. The summed E-state index contributed by atoms with van der Waals surface area (Å²) in [4.78, 5) is 19.0. The largest absolute Gasteiger partial charge is 0.488 e. The van der Waals surface area contributed by atoms with Crippen molar-refractivity contribution < 1.29 is 24.1 Å². The van der Waals surface area contributed by atoms with Gasteiger partial charge in [0, 0.05) is 37.9 Å². The van der Waals surface area contributed by atoms with Gasteiger partial charge in [0.25, 0.3) is 0 Å². The van der Waals surface area contributed by atoms with Gasteiger partial charge in [0.2, 0.25) is 5.88 Å². The Hall–Kier alpha value is -4.21. The first kappa shape index (κ1) is 27.0. The summed E-state index contributed by atoms with van der Waals surface area (Å²) in [6.45, 7) is 8.36. The van der Waals surface area contributed by atoms with Gasteiger partial charge >= 0.3 is 5.97 Å². The first-order chi connectivity index (χ1) is 19.9. The van der Waals surface area contributed by atoms with Crippen LogP contribution in [0.5, 0.6) is 11.6 Å². The number of aromatic nitrogens is 3.